The lowest BCUT2D eigenvalue weighted by Gasteiger charge is -2.15. The van der Waals surface area contributed by atoms with Crippen LogP contribution in [-0.4, -0.2) is 11.4 Å². The molecular weight excluding hydrogens is 204 g/mol. The van der Waals surface area contributed by atoms with E-state index in [1.807, 2.05) is 18.2 Å². The Morgan fingerprint density at radius 1 is 1.33 bits per heavy atom. The predicted octanol–water partition coefficient (Wildman–Crippen LogP) is 3.55. The number of aliphatic hydroxyl groups excluding tert-OH is 1. The number of aliphatic hydroxyl groups is 1. The molecule has 0 fully saturated rings. The van der Waals surface area contributed by atoms with Crippen LogP contribution in [0.2, 0.25) is 0 Å². The number of rotatable bonds is 3. The van der Waals surface area contributed by atoms with Crippen molar-refractivity contribution in [3.8, 4) is 0 Å². The Labute approximate surface area is 95.2 Å². The van der Waals surface area contributed by atoms with Gasteiger partial charge < -0.3 is 5.11 Å². The summed E-state index contributed by atoms with van der Waals surface area (Å²) in [5.74, 6) is 0. The molecule has 2 heteroatoms. The van der Waals surface area contributed by atoms with Gasteiger partial charge in [0.25, 0.3) is 0 Å². The van der Waals surface area contributed by atoms with Crippen LogP contribution in [0.4, 0.5) is 0 Å². The fourth-order valence-electron chi connectivity index (χ4n) is 2.04. The molecule has 1 aliphatic rings. The highest BCUT2D eigenvalue weighted by Crippen LogP contribution is 2.34. The molecule has 1 aromatic rings. The predicted molar refractivity (Wildman–Crippen MR) is 65.1 cm³/mol. The monoisotopic (exact) mass is 220 g/mol. The van der Waals surface area contributed by atoms with Crippen molar-refractivity contribution in [1.82, 2.24) is 0 Å². The van der Waals surface area contributed by atoms with Crippen LogP contribution in [0.25, 0.3) is 0 Å². The summed E-state index contributed by atoms with van der Waals surface area (Å²) in [4.78, 5) is 1.18. The first kappa shape index (κ1) is 10.8. The summed E-state index contributed by atoms with van der Waals surface area (Å²) in [6.45, 7) is 0. The van der Waals surface area contributed by atoms with Crippen molar-refractivity contribution in [1.29, 1.82) is 0 Å². The Balaban J connectivity index is 2.27. The maximum atomic E-state index is 10.3. The van der Waals surface area contributed by atoms with Crippen LogP contribution in [0, 0.1) is 0 Å². The lowest BCUT2D eigenvalue weighted by molar-refractivity contribution is 0.210. The summed E-state index contributed by atoms with van der Waals surface area (Å²) in [6, 6.07) is 8.10. The van der Waals surface area contributed by atoms with Gasteiger partial charge in [0.15, 0.2) is 0 Å². The van der Waals surface area contributed by atoms with Gasteiger partial charge >= 0.3 is 0 Å². The Hall–Kier alpha value is -0.730. The molecule has 1 unspecified atom stereocenters. The van der Waals surface area contributed by atoms with Crippen molar-refractivity contribution >= 4 is 11.8 Å². The van der Waals surface area contributed by atoms with Gasteiger partial charge in [0.05, 0.1) is 0 Å². The standard InChI is InChI=1S/C13H16OS/c1-15-12-9-5-4-8-11(12)13(14)10-6-2-3-7-10/h4-6,8-9,13-14H,2-3,7H2,1H3. The van der Waals surface area contributed by atoms with Gasteiger partial charge in [0, 0.05) is 4.90 Å². The van der Waals surface area contributed by atoms with Gasteiger partial charge in [-0.15, -0.1) is 11.8 Å². The van der Waals surface area contributed by atoms with Crippen molar-refractivity contribution in [3.05, 3.63) is 41.5 Å². The molecule has 0 aliphatic heterocycles. The molecule has 0 amide bonds. The zero-order chi connectivity index (χ0) is 10.7. The van der Waals surface area contributed by atoms with Crippen molar-refractivity contribution in [3.63, 3.8) is 0 Å². The molecule has 0 saturated carbocycles. The maximum absolute atomic E-state index is 10.3. The second-order valence-corrected chi connectivity index (χ2v) is 4.66. The highest BCUT2D eigenvalue weighted by molar-refractivity contribution is 7.98. The molecule has 0 spiro atoms. The number of hydrogen-bond acceptors (Lipinski definition) is 2. The third-order valence-corrected chi connectivity index (χ3v) is 3.67. The van der Waals surface area contributed by atoms with Crippen LogP contribution in [0.15, 0.2) is 40.8 Å². The minimum atomic E-state index is -0.392. The van der Waals surface area contributed by atoms with E-state index >= 15 is 0 Å². The van der Waals surface area contributed by atoms with E-state index in [2.05, 4.69) is 18.4 Å². The Morgan fingerprint density at radius 3 is 2.80 bits per heavy atom. The van der Waals surface area contributed by atoms with Gasteiger partial charge in [-0.3, -0.25) is 0 Å². The van der Waals surface area contributed by atoms with Crippen molar-refractivity contribution < 1.29 is 5.11 Å². The van der Waals surface area contributed by atoms with Crippen LogP contribution in [0.1, 0.15) is 30.9 Å². The largest absolute Gasteiger partial charge is 0.384 e. The quantitative estimate of drug-likeness (QED) is 0.621. The first-order chi connectivity index (χ1) is 7.33. The van der Waals surface area contributed by atoms with Crippen LogP contribution >= 0.6 is 11.8 Å². The number of benzene rings is 1. The Kier molecular flexibility index (Phi) is 3.49. The summed E-state index contributed by atoms with van der Waals surface area (Å²) in [7, 11) is 0. The zero-order valence-electron chi connectivity index (χ0n) is 8.94. The summed E-state index contributed by atoms with van der Waals surface area (Å²) in [5.41, 5.74) is 2.25. The summed E-state index contributed by atoms with van der Waals surface area (Å²) >= 11 is 1.70. The van der Waals surface area contributed by atoms with Gasteiger partial charge in [-0.25, -0.2) is 0 Å². The normalized spacial score (nSPS) is 17.6. The molecule has 1 nitrogen and oxygen atoms in total. The third kappa shape index (κ3) is 2.27. The lowest BCUT2D eigenvalue weighted by Crippen LogP contribution is -2.01. The van der Waals surface area contributed by atoms with Gasteiger partial charge in [-0.05, 0) is 42.7 Å². The minimum absolute atomic E-state index is 0.392. The fraction of sp³-hybridized carbons (Fsp3) is 0.385. The topological polar surface area (TPSA) is 20.2 Å². The van der Waals surface area contributed by atoms with Gasteiger partial charge in [0.2, 0.25) is 0 Å². The van der Waals surface area contributed by atoms with E-state index in [0.717, 1.165) is 18.4 Å². The first-order valence-electron chi connectivity index (χ1n) is 5.33. The first-order valence-corrected chi connectivity index (χ1v) is 6.55. The molecule has 0 radical (unpaired) electrons. The van der Waals surface area contributed by atoms with E-state index in [9.17, 15) is 5.11 Å². The molecule has 1 aromatic carbocycles. The van der Waals surface area contributed by atoms with Crippen LogP contribution in [-0.2, 0) is 0 Å². The Bertz CT molecular complexity index is 371. The second kappa shape index (κ2) is 4.86. The van der Waals surface area contributed by atoms with Crippen LogP contribution < -0.4 is 0 Å². The fourth-order valence-corrected chi connectivity index (χ4v) is 2.67. The zero-order valence-corrected chi connectivity index (χ0v) is 9.76. The maximum Gasteiger partial charge on any atom is 0.101 e. The molecule has 1 N–H and O–H groups in total. The number of allylic oxidation sites excluding steroid dienone is 1. The molecule has 80 valence electrons. The van der Waals surface area contributed by atoms with Gasteiger partial charge in [-0.1, -0.05) is 24.3 Å². The molecule has 0 heterocycles. The van der Waals surface area contributed by atoms with E-state index in [-0.39, 0.29) is 0 Å². The lowest BCUT2D eigenvalue weighted by atomic mass is 10.0. The molecule has 0 aromatic heterocycles. The summed E-state index contributed by atoms with van der Waals surface area (Å²) < 4.78 is 0. The van der Waals surface area contributed by atoms with Crippen LogP contribution in [0.3, 0.4) is 0 Å². The molecule has 1 aliphatic carbocycles. The van der Waals surface area contributed by atoms with E-state index in [1.54, 1.807) is 11.8 Å². The molecule has 0 bridgehead atoms. The van der Waals surface area contributed by atoms with Gasteiger partial charge in [0.1, 0.15) is 6.10 Å². The summed E-state index contributed by atoms with van der Waals surface area (Å²) in [5, 5.41) is 10.3. The summed E-state index contributed by atoms with van der Waals surface area (Å²) in [6.07, 6.45) is 7.19. The third-order valence-electron chi connectivity index (χ3n) is 2.86. The number of hydrogen-bond donors (Lipinski definition) is 1. The average molecular weight is 220 g/mol. The van der Waals surface area contributed by atoms with E-state index in [4.69, 9.17) is 0 Å². The highest BCUT2D eigenvalue weighted by Gasteiger charge is 2.18. The minimum Gasteiger partial charge on any atom is -0.384 e. The van der Waals surface area contributed by atoms with E-state index < -0.39 is 6.10 Å². The molecule has 2 rings (SSSR count). The average Bonchev–Trinajstić information content (AvgIpc) is 2.81. The Morgan fingerprint density at radius 2 is 2.13 bits per heavy atom. The number of thioether (sulfide) groups is 1. The van der Waals surface area contributed by atoms with Gasteiger partial charge in [-0.2, -0.15) is 0 Å². The molecular formula is C13H16OS. The van der Waals surface area contributed by atoms with E-state index in [0.29, 0.717) is 0 Å². The molecule has 1 atom stereocenters. The molecule has 0 saturated heterocycles. The van der Waals surface area contributed by atoms with E-state index in [1.165, 1.54) is 16.9 Å². The smallest absolute Gasteiger partial charge is 0.101 e. The molecule has 15 heavy (non-hydrogen) atoms. The van der Waals surface area contributed by atoms with Crippen molar-refractivity contribution in [2.24, 2.45) is 0 Å². The van der Waals surface area contributed by atoms with Crippen molar-refractivity contribution in [2.45, 2.75) is 30.3 Å². The SMILES string of the molecule is CSc1ccccc1C(O)C1=CCCC1. The van der Waals surface area contributed by atoms with Crippen molar-refractivity contribution in [2.75, 3.05) is 6.26 Å². The highest BCUT2D eigenvalue weighted by atomic mass is 32.2. The van der Waals surface area contributed by atoms with Crippen LogP contribution in [0.5, 0.6) is 0 Å². The second-order valence-electron chi connectivity index (χ2n) is 3.82.